The van der Waals surface area contributed by atoms with Crippen LogP contribution < -0.4 is 5.73 Å². The van der Waals surface area contributed by atoms with Crippen LogP contribution in [-0.4, -0.2) is 11.7 Å². The van der Waals surface area contributed by atoms with Crippen molar-refractivity contribution >= 4 is 0 Å². The molecular formula is C11H17NO. The minimum Gasteiger partial charge on any atom is -0.508 e. The van der Waals surface area contributed by atoms with Gasteiger partial charge in [-0.1, -0.05) is 26.0 Å². The highest BCUT2D eigenvalue weighted by Gasteiger charge is 2.15. The van der Waals surface area contributed by atoms with Gasteiger partial charge in [0.1, 0.15) is 5.75 Å². The number of hydrogen-bond donors (Lipinski definition) is 2. The van der Waals surface area contributed by atoms with Gasteiger partial charge in [0.25, 0.3) is 0 Å². The molecule has 2 nitrogen and oxygen atoms in total. The molecule has 1 rings (SSSR count). The van der Waals surface area contributed by atoms with Gasteiger partial charge in [-0.05, 0) is 36.1 Å². The molecular weight excluding hydrogens is 162 g/mol. The van der Waals surface area contributed by atoms with Crippen LogP contribution >= 0.6 is 0 Å². The van der Waals surface area contributed by atoms with Crippen molar-refractivity contribution in [2.24, 2.45) is 11.1 Å². The van der Waals surface area contributed by atoms with Crippen LogP contribution in [0.4, 0.5) is 0 Å². The topological polar surface area (TPSA) is 46.2 Å². The highest BCUT2D eigenvalue weighted by atomic mass is 16.3. The molecule has 0 atom stereocenters. The fraction of sp³-hybridized carbons (Fsp3) is 0.455. The van der Waals surface area contributed by atoms with E-state index in [0.717, 1.165) is 6.42 Å². The van der Waals surface area contributed by atoms with Crippen molar-refractivity contribution in [1.82, 2.24) is 0 Å². The summed E-state index contributed by atoms with van der Waals surface area (Å²) in [6.45, 7) is 4.95. The lowest BCUT2D eigenvalue weighted by Gasteiger charge is -2.22. The zero-order chi connectivity index (χ0) is 9.90. The van der Waals surface area contributed by atoms with E-state index in [4.69, 9.17) is 10.8 Å². The Labute approximate surface area is 79.4 Å². The van der Waals surface area contributed by atoms with Crippen LogP contribution in [0, 0.1) is 5.41 Å². The van der Waals surface area contributed by atoms with E-state index < -0.39 is 0 Å². The molecule has 0 saturated carbocycles. The molecule has 13 heavy (non-hydrogen) atoms. The number of hydrogen-bond acceptors (Lipinski definition) is 2. The van der Waals surface area contributed by atoms with E-state index in [9.17, 15) is 0 Å². The van der Waals surface area contributed by atoms with E-state index >= 15 is 0 Å². The number of nitrogens with two attached hydrogens (primary N) is 1. The maximum Gasteiger partial charge on any atom is 0.115 e. The van der Waals surface area contributed by atoms with Gasteiger partial charge in [0, 0.05) is 0 Å². The molecule has 0 radical (unpaired) electrons. The summed E-state index contributed by atoms with van der Waals surface area (Å²) in [6.07, 6.45) is 0.948. The van der Waals surface area contributed by atoms with E-state index in [1.54, 1.807) is 12.1 Å². The molecule has 0 aliphatic rings. The van der Waals surface area contributed by atoms with Crippen molar-refractivity contribution in [1.29, 1.82) is 0 Å². The second-order valence-corrected chi connectivity index (χ2v) is 4.21. The first-order chi connectivity index (χ1) is 6.03. The van der Waals surface area contributed by atoms with Crippen molar-refractivity contribution in [3.05, 3.63) is 29.8 Å². The van der Waals surface area contributed by atoms with Crippen molar-refractivity contribution in [3.63, 3.8) is 0 Å². The van der Waals surface area contributed by atoms with Gasteiger partial charge in [-0.3, -0.25) is 0 Å². The van der Waals surface area contributed by atoms with E-state index in [1.165, 1.54) is 5.56 Å². The van der Waals surface area contributed by atoms with Crippen LogP contribution in [0.25, 0.3) is 0 Å². The van der Waals surface area contributed by atoms with E-state index in [2.05, 4.69) is 13.8 Å². The molecule has 3 N–H and O–H groups in total. The predicted molar refractivity (Wildman–Crippen MR) is 54.6 cm³/mol. The molecule has 2 heteroatoms. The van der Waals surface area contributed by atoms with Crippen LogP contribution in [0.1, 0.15) is 19.4 Å². The maximum absolute atomic E-state index is 9.09. The Morgan fingerprint density at radius 1 is 1.23 bits per heavy atom. The molecule has 0 fully saturated rings. The van der Waals surface area contributed by atoms with Crippen molar-refractivity contribution in [3.8, 4) is 5.75 Å². The largest absolute Gasteiger partial charge is 0.508 e. The first-order valence-electron chi connectivity index (χ1n) is 4.51. The summed E-state index contributed by atoms with van der Waals surface area (Å²) in [5, 5.41) is 9.09. The first kappa shape index (κ1) is 10.1. The molecule has 1 aromatic rings. The third-order valence-electron chi connectivity index (χ3n) is 2.17. The zero-order valence-electron chi connectivity index (χ0n) is 8.25. The second-order valence-electron chi connectivity index (χ2n) is 4.21. The van der Waals surface area contributed by atoms with Crippen LogP contribution in [0.3, 0.4) is 0 Å². The monoisotopic (exact) mass is 179 g/mol. The van der Waals surface area contributed by atoms with Gasteiger partial charge in [0.2, 0.25) is 0 Å². The third kappa shape index (κ3) is 3.07. The lowest BCUT2D eigenvalue weighted by Crippen LogP contribution is -2.25. The van der Waals surface area contributed by atoms with Gasteiger partial charge < -0.3 is 10.8 Å². The van der Waals surface area contributed by atoms with Gasteiger partial charge in [-0.25, -0.2) is 0 Å². The SMILES string of the molecule is CC(C)(CN)Cc1ccc(O)cc1. The van der Waals surface area contributed by atoms with Crippen LogP contribution in [0.2, 0.25) is 0 Å². The Hall–Kier alpha value is -1.02. The lowest BCUT2D eigenvalue weighted by atomic mass is 9.86. The molecule has 0 unspecified atom stereocenters. The summed E-state index contributed by atoms with van der Waals surface area (Å²) >= 11 is 0. The Balaban J connectivity index is 2.69. The van der Waals surface area contributed by atoms with Gasteiger partial charge in [0.05, 0.1) is 0 Å². The Kier molecular flexibility index (Phi) is 2.94. The summed E-state index contributed by atoms with van der Waals surface area (Å²) in [6, 6.07) is 7.29. The lowest BCUT2D eigenvalue weighted by molar-refractivity contribution is 0.376. The van der Waals surface area contributed by atoms with E-state index in [0.29, 0.717) is 12.3 Å². The van der Waals surface area contributed by atoms with Crippen LogP contribution in [-0.2, 0) is 6.42 Å². The van der Waals surface area contributed by atoms with Crippen molar-refractivity contribution in [2.45, 2.75) is 20.3 Å². The quantitative estimate of drug-likeness (QED) is 0.744. The second kappa shape index (κ2) is 3.79. The standard InChI is InChI=1S/C11H17NO/c1-11(2,8-12)7-9-3-5-10(13)6-4-9/h3-6,13H,7-8,12H2,1-2H3. The Bertz CT molecular complexity index is 264. The fourth-order valence-electron chi connectivity index (χ4n) is 1.24. The molecule has 0 saturated heterocycles. The summed E-state index contributed by atoms with van der Waals surface area (Å²) in [5.41, 5.74) is 6.99. The molecule has 0 amide bonds. The third-order valence-corrected chi connectivity index (χ3v) is 2.17. The molecule has 0 heterocycles. The van der Waals surface area contributed by atoms with Gasteiger partial charge in [-0.15, -0.1) is 0 Å². The number of phenols is 1. The summed E-state index contributed by atoms with van der Waals surface area (Å²) < 4.78 is 0. The minimum atomic E-state index is 0.136. The van der Waals surface area contributed by atoms with E-state index in [1.807, 2.05) is 12.1 Å². The molecule has 0 aliphatic carbocycles. The smallest absolute Gasteiger partial charge is 0.115 e. The van der Waals surface area contributed by atoms with Crippen molar-refractivity contribution < 1.29 is 5.11 Å². The minimum absolute atomic E-state index is 0.136. The molecule has 0 aromatic heterocycles. The normalized spacial score (nSPS) is 11.6. The Morgan fingerprint density at radius 2 is 1.77 bits per heavy atom. The Morgan fingerprint density at radius 3 is 2.23 bits per heavy atom. The number of phenolic OH excluding ortho intramolecular Hbond substituents is 1. The zero-order valence-corrected chi connectivity index (χ0v) is 8.25. The summed E-state index contributed by atoms with van der Waals surface area (Å²) in [7, 11) is 0. The average Bonchev–Trinajstić information content (AvgIpc) is 2.09. The number of aromatic hydroxyl groups is 1. The average molecular weight is 179 g/mol. The van der Waals surface area contributed by atoms with Gasteiger partial charge >= 0.3 is 0 Å². The van der Waals surface area contributed by atoms with Crippen molar-refractivity contribution in [2.75, 3.05) is 6.54 Å². The first-order valence-corrected chi connectivity index (χ1v) is 4.51. The molecule has 1 aromatic carbocycles. The molecule has 0 spiro atoms. The molecule has 0 bridgehead atoms. The number of benzene rings is 1. The maximum atomic E-state index is 9.09. The molecule has 72 valence electrons. The summed E-state index contributed by atoms with van der Waals surface area (Å²) in [5.74, 6) is 0.314. The van der Waals surface area contributed by atoms with Crippen LogP contribution in [0.15, 0.2) is 24.3 Å². The van der Waals surface area contributed by atoms with Crippen LogP contribution in [0.5, 0.6) is 5.75 Å². The highest BCUT2D eigenvalue weighted by molar-refractivity contribution is 5.26. The van der Waals surface area contributed by atoms with Gasteiger partial charge in [0.15, 0.2) is 0 Å². The van der Waals surface area contributed by atoms with E-state index in [-0.39, 0.29) is 5.41 Å². The summed E-state index contributed by atoms with van der Waals surface area (Å²) in [4.78, 5) is 0. The fourth-order valence-corrected chi connectivity index (χ4v) is 1.24. The molecule has 0 aliphatic heterocycles. The number of rotatable bonds is 3. The highest BCUT2D eigenvalue weighted by Crippen LogP contribution is 2.21. The van der Waals surface area contributed by atoms with Gasteiger partial charge in [-0.2, -0.15) is 0 Å². The predicted octanol–water partition coefficient (Wildman–Crippen LogP) is 1.92.